The van der Waals surface area contributed by atoms with Crippen LogP contribution in [0.25, 0.3) is 0 Å². The molecule has 0 aliphatic carbocycles. The van der Waals surface area contributed by atoms with Crippen molar-refractivity contribution in [1.29, 1.82) is 0 Å². The second-order valence-electron chi connectivity index (χ2n) is 6.43. The summed E-state index contributed by atoms with van der Waals surface area (Å²) in [7, 11) is 0. The van der Waals surface area contributed by atoms with Crippen molar-refractivity contribution in [3.8, 4) is 0 Å². The first-order chi connectivity index (χ1) is 12.1. The summed E-state index contributed by atoms with van der Waals surface area (Å²) in [4.78, 5) is 18.9. The van der Waals surface area contributed by atoms with E-state index in [1.54, 1.807) is 11.0 Å². The van der Waals surface area contributed by atoms with Crippen LogP contribution in [-0.2, 0) is 11.2 Å². The molecule has 1 saturated heterocycles. The summed E-state index contributed by atoms with van der Waals surface area (Å²) in [6, 6.07) is 1.74. The number of carbonyl (C=O) groups is 1. The zero-order valence-electron chi connectivity index (χ0n) is 15.0. The van der Waals surface area contributed by atoms with Crippen LogP contribution >= 0.6 is 0 Å². The molecule has 1 N–H and O–H groups in total. The van der Waals surface area contributed by atoms with Gasteiger partial charge in [0.05, 0.1) is 18.8 Å². The lowest BCUT2D eigenvalue weighted by molar-refractivity contribution is -0.0278. The minimum absolute atomic E-state index is 0.167. The van der Waals surface area contributed by atoms with Crippen molar-refractivity contribution in [3.63, 3.8) is 0 Å². The van der Waals surface area contributed by atoms with Crippen LogP contribution in [0, 0.1) is 0 Å². The number of aromatic amines is 1. The molecular weight excluding hydrogens is 322 g/mol. The highest BCUT2D eigenvalue weighted by molar-refractivity contribution is 5.91. The molecule has 8 nitrogen and oxygen atoms in total. The molecule has 136 valence electrons. The maximum atomic E-state index is 12.7. The standard InChI is InChI=1S/C17H25N5O3/c1-4-6-15-18-16(20-19-15)14-10-22(7-8-24-14)17(23)13-9-12(21-25-13)11(3)5-2/h9,11,14H,4-8,10H2,1-3H3,(H,18,19,20)/t11-,14+/m0/s1. The van der Waals surface area contributed by atoms with Crippen molar-refractivity contribution in [1.82, 2.24) is 25.2 Å². The Kier molecular flexibility index (Phi) is 5.47. The van der Waals surface area contributed by atoms with Crippen LogP contribution in [0.1, 0.15) is 73.5 Å². The second kappa shape index (κ2) is 7.77. The summed E-state index contributed by atoms with van der Waals surface area (Å²) in [6.07, 6.45) is 2.47. The monoisotopic (exact) mass is 347 g/mol. The fraction of sp³-hybridized carbons (Fsp3) is 0.647. The van der Waals surface area contributed by atoms with Gasteiger partial charge in [0, 0.05) is 24.9 Å². The number of nitrogens with one attached hydrogen (secondary N) is 1. The van der Waals surface area contributed by atoms with Gasteiger partial charge in [-0.1, -0.05) is 25.9 Å². The predicted molar refractivity (Wildman–Crippen MR) is 90.2 cm³/mol. The van der Waals surface area contributed by atoms with Crippen molar-refractivity contribution >= 4 is 5.91 Å². The fourth-order valence-electron chi connectivity index (χ4n) is 2.78. The molecule has 0 bridgehead atoms. The number of rotatable bonds is 6. The van der Waals surface area contributed by atoms with Gasteiger partial charge in [0.15, 0.2) is 5.82 Å². The fourth-order valence-corrected chi connectivity index (χ4v) is 2.78. The summed E-state index contributed by atoms with van der Waals surface area (Å²) in [6.45, 7) is 7.60. The normalized spacial score (nSPS) is 19.2. The summed E-state index contributed by atoms with van der Waals surface area (Å²) < 4.78 is 11.0. The summed E-state index contributed by atoms with van der Waals surface area (Å²) in [5.74, 6) is 1.82. The van der Waals surface area contributed by atoms with E-state index >= 15 is 0 Å². The number of morpholine rings is 1. The van der Waals surface area contributed by atoms with E-state index in [4.69, 9.17) is 9.26 Å². The third-order valence-electron chi connectivity index (χ3n) is 4.53. The average Bonchev–Trinajstić information content (AvgIpc) is 3.30. The number of carbonyl (C=O) groups excluding carboxylic acids is 1. The predicted octanol–water partition coefficient (Wildman–Crippen LogP) is 2.47. The van der Waals surface area contributed by atoms with E-state index in [2.05, 4.69) is 41.1 Å². The molecule has 2 aromatic heterocycles. The van der Waals surface area contributed by atoms with Gasteiger partial charge in [0.1, 0.15) is 11.9 Å². The maximum Gasteiger partial charge on any atom is 0.292 e. The second-order valence-corrected chi connectivity index (χ2v) is 6.43. The van der Waals surface area contributed by atoms with Gasteiger partial charge >= 0.3 is 0 Å². The number of hydrogen-bond donors (Lipinski definition) is 1. The Morgan fingerprint density at radius 2 is 2.32 bits per heavy atom. The Hall–Kier alpha value is -2.22. The van der Waals surface area contributed by atoms with Crippen LogP contribution in [0.2, 0.25) is 0 Å². The van der Waals surface area contributed by atoms with Crippen LogP contribution in [0.5, 0.6) is 0 Å². The minimum Gasteiger partial charge on any atom is -0.366 e. The van der Waals surface area contributed by atoms with E-state index in [0.717, 1.165) is 30.8 Å². The molecule has 1 aliphatic rings. The molecular formula is C17H25N5O3. The molecule has 0 saturated carbocycles. The number of aromatic nitrogens is 4. The van der Waals surface area contributed by atoms with Gasteiger partial charge < -0.3 is 14.2 Å². The zero-order chi connectivity index (χ0) is 17.8. The third-order valence-corrected chi connectivity index (χ3v) is 4.53. The SMILES string of the molecule is CCCc1nc([C@H]2CN(C(=O)c3cc([C@@H](C)CC)no3)CCO2)n[nH]1. The smallest absolute Gasteiger partial charge is 0.292 e. The lowest BCUT2D eigenvalue weighted by atomic mass is 10.1. The largest absolute Gasteiger partial charge is 0.366 e. The molecule has 0 spiro atoms. The molecule has 0 aromatic carbocycles. The molecule has 1 fully saturated rings. The first-order valence-corrected chi connectivity index (χ1v) is 8.91. The molecule has 2 aromatic rings. The number of H-pyrrole nitrogens is 1. The Morgan fingerprint density at radius 1 is 1.48 bits per heavy atom. The number of ether oxygens (including phenoxy) is 1. The molecule has 8 heteroatoms. The summed E-state index contributed by atoms with van der Waals surface area (Å²) in [5, 5.41) is 11.2. The van der Waals surface area contributed by atoms with E-state index in [1.807, 2.05) is 0 Å². The van der Waals surface area contributed by atoms with Crippen LogP contribution < -0.4 is 0 Å². The molecule has 2 atom stereocenters. The van der Waals surface area contributed by atoms with Crippen molar-refractivity contribution in [2.24, 2.45) is 0 Å². The lowest BCUT2D eigenvalue weighted by Crippen LogP contribution is -2.42. The van der Waals surface area contributed by atoms with E-state index in [0.29, 0.717) is 25.5 Å². The first kappa shape index (κ1) is 17.6. The van der Waals surface area contributed by atoms with Crippen molar-refractivity contribution < 1.29 is 14.1 Å². The van der Waals surface area contributed by atoms with E-state index < -0.39 is 0 Å². The van der Waals surface area contributed by atoms with Crippen molar-refractivity contribution in [2.45, 2.75) is 52.1 Å². The topological polar surface area (TPSA) is 97.1 Å². The Bertz CT molecular complexity index is 711. The average molecular weight is 347 g/mol. The molecule has 0 unspecified atom stereocenters. The van der Waals surface area contributed by atoms with Gasteiger partial charge in [0.25, 0.3) is 5.91 Å². The molecule has 0 radical (unpaired) electrons. The highest BCUT2D eigenvalue weighted by Gasteiger charge is 2.30. The van der Waals surface area contributed by atoms with Crippen LogP contribution in [0.4, 0.5) is 0 Å². The van der Waals surface area contributed by atoms with Gasteiger partial charge in [-0.2, -0.15) is 5.10 Å². The first-order valence-electron chi connectivity index (χ1n) is 8.91. The maximum absolute atomic E-state index is 12.7. The highest BCUT2D eigenvalue weighted by Crippen LogP contribution is 2.23. The minimum atomic E-state index is -0.323. The molecule has 1 aliphatic heterocycles. The quantitative estimate of drug-likeness (QED) is 0.862. The number of nitrogens with zero attached hydrogens (tertiary/aromatic N) is 4. The van der Waals surface area contributed by atoms with Crippen molar-refractivity contribution in [3.05, 3.63) is 29.2 Å². The van der Waals surface area contributed by atoms with Crippen LogP contribution in [0.15, 0.2) is 10.6 Å². The summed E-state index contributed by atoms with van der Waals surface area (Å²) >= 11 is 0. The molecule has 1 amide bonds. The third kappa shape index (κ3) is 3.89. The highest BCUT2D eigenvalue weighted by atomic mass is 16.5. The van der Waals surface area contributed by atoms with Gasteiger partial charge in [-0.15, -0.1) is 0 Å². The van der Waals surface area contributed by atoms with E-state index in [1.165, 1.54) is 0 Å². The number of amides is 1. The van der Waals surface area contributed by atoms with Crippen LogP contribution in [-0.4, -0.2) is 50.8 Å². The van der Waals surface area contributed by atoms with Crippen LogP contribution in [0.3, 0.4) is 0 Å². The van der Waals surface area contributed by atoms with Gasteiger partial charge in [-0.3, -0.25) is 9.89 Å². The Labute approximate surface area is 146 Å². The summed E-state index contributed by atoms with van der Waals surface area (Å²) in [5.41, 5.74) is 0.814. The van der Waals surface area contributed by atoms with Crippen molar-refractivity contribution in [2.75, 3.05) is 19.7 Å². The Balaban J connectivity index is 1.67. The number of aryl methyl sites for hydroxylation is 1. The molecule has 25 heavy (non-hydrogen) atoms. The Morgan fingerprint density at radius 3 is 3.08 bits per heavy atom. The van der Waals surface area contributed by atoms with Gasteiger partial charge in [-0.25, -0.2) is 4.98 Å². The molecule has 3 rings (SSSR count). The van der Waals surface area contributed by atoms with E-state index in [9.17, 15) is 4.79 Å². The van der Waals surface area contributed by atoms with Gasteiger partial charge in [0.2, 0.25) is 5.76 Å². The van der Waals surface area contributed by atoms with Gasteiger partial charge in [-0.05, 0) is 12.8 Å². The van der Waals surface area contributed by atoms with E-state index in [-0.39, 0.29) is 23.7 Å². The zero-order valence-corrected chi connectivity index (χ0v) is 15.0. The number of hydrogen-bond acceptors (Lipinski definition) is 6. The molecule has 3 heterocycles. The lowest BCUT2D eigenvalue weighted by Gasteiger charge is -2.30.